The fourth-order valence-electron chi connectivity index (χ4n) is 2.76. The Morgan fingerprint density at radius 1 is 1.10 bits per heavy atom. The molecule has 0 aromatic heterocycles. The predicted molar refractivity (Wildman–Crippen MR) is 120 cm³/mol. The zero-order chi connectivity index (χ0) is 21.5. The van der Waals surface area contributed by atoms with Gasteiger partial charge in [0.25, 0.3) is 5.91 Å². The molecule has 0 N–H and O–H groups in total. The van der Waals surface area contributed by atoms with Gasteiger partial charge in [-0.05, 0) is 68.4 Å². The summed E-state index contributed by atoms with van der Waals surface area (Å²) in [5.41, 5.74) is 2.84. The second kappa shape index (κ2) is 10.1. The molecular formula is C23H24N2O4S. The van der Waals surface area contributed by atoms with Crippen molar-refractivity contribution >= 4 is 40.6 Å². The number of carbonyl (C=O) groups excluding carboxylic acids is 2. The first-order chi connectivity index (χ1) is 14.5. The molecular weight excluding hydrogens is 400 g/mol. The van der Waals surface area contributed by atoms with Gasteiger partial charge >= 0.3 is 5.97 Å². The van der Waals surface area contributed by atoms with Crippen molar-refractivity contribution in [1.29, 1.82) is 0 Å². The molecule has 1 aliphatic rings. The number of likely N-dealkylation sites (N-methyl/N-ethyl adjacent to an activating group) is 1. The van der Waals surface area contributed by atoms with E-state index in [4.69, 9.17) is 9.47 Å². The van der Waals surface area contributed by atoms with Crippen LogP contribution in [0, 0.1) is 6.92 Å². The minimum absolute atomic E-state index is 0.0593. The van der Waals surface area contributed by atoms with Crippen LogP contribution in [0.5, 0.6) is 5.75 Å². The molecule has 7 heteroatoms. The van der Waals surface area contributed by atoms with Crippen LogP contribution in [-0.2, 0) is 14.3 Å². The van der Waals surface area contributed by atoms with Crippen molar-refractivity contribution in [2.75, 3.05) is 19.8 Å². The molecule has 0 spiro atoms. The molecule has 0 aliphatic carbocycles. The number of nitrogens with zero attached hydrogens (tertiary/aromatic N) is 2. The Balaban J connectivity index is 1.72. The number of ether oxygens (including phenoxy) is 2. The Hall–Kier alpha value is -3.06. The van der Waals surface area contributed by atoms with Crippen LogP contribution < -0.4 is 4.74 Å². The van der Waals surface area contributed by atoms with E-state index in [1.54, 1.807) is 24.0 Å². The summed E-state index contributed by atoms with van der Waals surface area (Å²) in [6.07, 6.45) is 1.84. The van der Waals surface area contributed by atoms with Gasteiger partial charge in [-0.15, -0.1) is 0 Å². The van der Waals surface area contributed by atoms with Crippen LogP contribution in [0.1, 0.15) is 25.0 Å². The molecule has 0 bridgehead atoms. The third-order valence-corrected chi connectivity index (χ3v) is 5.31. The second-order valence-electron chi connectivity index (χ2n) is 6.55. The van der Waals surface area contributed by atoms with Gasteiger partial charge in [0.1, 0.15) is 5.75 Å². The summed E-state index contributed by atoms with van der Waals surface area (Å²) in [6, 6.07) is 15.1. The van der Waals surface area contributed by atoms with Crippen molar-refractivity contribution in [1.82, 2.24) is 4.90 Å². The number of benzene rings is 2. The molecule has 0 unspecified atom stereocenters. The molecule has 2 aromatic rings. The highest BCUT2D eigenvalue weighted by atomic mass is 32.2. The molecule has 1 amide bonds. The first-order valence-corrected chi connectivity index (χ1v) is 10.6. The molecule has 0 radical (unpaired) electrons. The fourth-order valence-corrected chi connectivity index (χ4v) is 3.82. The number of amidine groups is 1. The highest BCUT2D eigenvalue weighted by molar-refractivity contribution is 8.18. The van der Waals surface area contributed by atoms with Gasteiger partial charge in [-0.25, -0.2) is 9.79 Å². The van der Waals surface area contributed by atoms with Gasteiger partial charge in [0, 0.05) is 6.54 Å². The Kier molecular flexibility index (Phi) is 7.30. The summed E-state index contributed by atoms with van der Waals surface area (Å²) in [5.74, 6) is 0.0973. The summed E-state index contributed by atoms with van der Waals surface area (Å²) in [5, 5.41) is 0.673. The number of aliphatic imine (C=N–C) groups is 1. The van der Waals surface area contributed by atoms with Crippen LogP contribution in [0.3, 0.4) is 0 Å². The average Bonchev–Trinajstić information content (AvgIpc) is 3.03. The minimum Gasteiger partial charge on any atom is -0.482 e. The van der Waals surface area contributed by atoms with Crippen LogP contribution in [0.15, 0.2) is 58.4 Å². The lowest BCUT2D eigenvalue weighted by molar-refractivity contribution is -0.145. The highest BCUT2D eigenvalue weighted by Gasteiger charge is 2.32. The van der Waals surface area contributed by atoms with Gasteiger partial charge < -0.3 is 9.47 Å². The molecule has 2 aromatic carbocycles. The standard InChI is InChI=1S/C23H24N2O4S/c1-4-25-22(27)20(30-23(25)24-18-10-6-16(3)7-11-18)14-17-8-12-19(13-9-17)29-15-21(26)28-5-2/h6-14H,4-5,15H2,1-3H3/b20-14+,24-23?. The Morgan fingerprint density at radius 3 is 2.43 bits per heavy atom. The number of hydrogen-bond acceptors (Lipinski definition) is 6. The van der Waals surface area contributed by atoms with E-state index in [9.17, 15) is 9.59 Å². The zero-order valence-electron chi connectivity index (χ0n) is 17.3. The zero-order valence-corrected chi connectivity index (χ0v) is 18.1. The first kappa shape index (κ1) is 21.6. The molecule has 156 valence electrons. The molecule has 0 saturated carbocycles. The van der Waals surface area contributed by atoms with Gasteiger partial charge in [0.2, 0.25) is 0 Å². The molecule has 3 rings (SSSR count). The summed E-state index contributed by atoms with van der Waals surface area (Å²) in [7, 11) is 0. The van der Waals surface area contributed by atoms with Crippen molar-refractivity contribution in [3.63, 3.8) is 0 Å². The van der Waals surface area contributed by atoms with E-state index in [-0.39, 0.29) is 12.5 Å². The second-order valence-corrected chi connectivity index (χ2v) is 7.56. The topological polar surface area (TPSA) is 68.2 Å². The minimum atomic E-state index is -0.406. The van der Waals surface area contributed by atoms with Crippen LogP contribution in [0.25, 0.3) is 6.08 Å². The van der Waals surface area contributed by atoms with Gasteiger partial charge in [0.15, 0.2) is 11.8 Å². The maximum atomic E-state index is 12.8. The number of rotatable bonds is 7. The molecule has 1 saturated heterocycles. The summed E-state index contributed by atoms with van der Waals surface area (Å²) in [6.45, 7) is 6.45. The van der Waals surface area contributed by atoms with Crippen LogP contribution in [-0.4, -0.2) is 41.7 Å². The van der Waals surface area contributed by atoms with Gasteiger partial charge in [-0.1, -0.05) is 29.8 Å². The van der Waals surface area contributed by atoms with Crippen molar-refractivity contribution in [2.24, 2.45) is 4.99 Å². The van der Waals surface area contributed by atoms with Crippen LogP contribution in [0.4, 0.5) is 5.69 Å². The van der Waals surface area contributed by atoms with Crippen molar-refractivity contribution in [3.8, 4) is 5.75 Å². The van der Waals surface area contributed by atoms with Gasteiger partial charge in [0.05, 0.1) is 17.2 Å². The Bertz CT molecular complexity index is 966. The van der Waals surface area contributed by atoms with Gasteiger partial charge in [-0.3, -0.25) is 9.69 Å². The van der Waals surface area contributed by atoms with Crippen molar-refractivity contribution < 1.29 is 19.1 Å². The lowest BCUT2D eigenvalue weighted by Crippen LogP contribution is -2.28. The van der Waals surface area contributed by atoms with Crippen molar-refractivity contribution in [2.45, 2.75) is 20.8 Å². The quantitative estimate of drug-likeness (QED) is 0.481. The molecule has 6 nitrogen and oxygen atoms in total. The SMILES string of the molecule is CCOC(=O)COc1ccc(/C=C2/SC(=Nc3ccc(C)cc3)N(CC)C2=O)cc1. The van der Waals surface area contributed by atoms with E-state index in [0.717, 1.165) is 16.8 Å². The fraction of sp³-hybridized carbons (Fsp3) is 0.261. The van der Waals surface area contributed by atoms with E-state index in [2.05, 4.69) is 4.99 Å². The van der Waals surface area contributed by atoms with E-state index in [1.807, 2.05) is 56.3 Å². The molecule has 0 atom stereocenters. The highest BCUT2D eigenvalue weighted by Crippen LogP contribution is 2.34. The largest absolute Gasteiger partial charge is 0.482 e. The maximum absolute atomic E-state index is 12.8. The summed E-state index contributed by atoms with van der Waals surface area (Å²) in [4.78, 5) is 31.1. The third kappa shape index (κ3) is 5.51. The number of thioether (sulfide) groups is 1. The molecule has 1 heterocycles. The molecule has 30 heavy (non-hydrogen) atoms. The van der Waals surface area contributed by atoms with Crippen molar-refractivity contribution in [3.05, 3.63) is 64.6 Å². The number of amides is 1. The smallest absolute Gasteiger partial charge is 0.344 e. The normalized spacial score (nSPS) is 16.4. The van der Waals surface area contributed by atoms with Crippen LogP contribution in [0.2, 0.25) is 0 Å². The van der Waals surface area contributed by atoms with E-state index in [1.165, 1.54) is 11.8 Å². The Morgan fingerprint density at radius 2 is 1.80 bits per heavy atom. The van der Waals surface area contributed by atoms with E-state index >= 15 is 0 Å². The lowest BCUT2D eigenvalue weighted by atomic mass is 10.2. The third-order valence-electron chi connectivity index (χ3n) is 4.30. The van der Waals surface area contributed by atoms with E-state index in [0.29, 0.717) is 29.0 Å². The number of aryl methyl sites for hydroxylation is 1. The molecule has 1 fully saturated rings. The predicted octanol–water partition coefficient (Wildman–Crippen LogP) is 4.56. The van der Waals surface area contributed by atoms with E-state index < -0.39 is 5.97 Å². The van der Waals surface area contributed by atoms with Crippen LogP contribution >= 0.6 is 11.8 Å². The Labute approximate surface area is 180 Å². The number of carbonyl (C=O) groups is 2. The maximum Gasteiger partial charge on any atom is 0.344 e. The average molecular weight is 425 g/mol. The first-order valence-electron chi connectivity index (χ1n) is 9.75. The molecule has 1 aliphatic heterocycles. The summed E-state index contributed by atoms with van der Waals surface area (Å²) < 4.78 is 10.2. The number of esters is 1. The monoisotopic (exact) mass is 424 g/mol. The summed E-state index contributed by atoms with van der Waals surface area (Å²) >= 11 is 1.36. The van der Waals surface area contributed by atoms with Gasteiger partial charge in [-0.2, -0.15) is 0 Å². The number of hydrogen-bond donors (Lipinski definition) is 0. The lowest BCUT2D eigenvalue weighted by Gasteiger charge is -2.12.